The van der Waals surface area contributed by atoms with E-state index in [0.717, 1.165) is 22.3 Å². The smallest absolute Gasteiger partial charge is 0.267 e. The number of hydrogen-bond donors (Lipinski definition) is 0. The summed E-state index contributed by atoms with van der Waals surface area (Å²) in [5.74, 6) is 1.14. The highest BCUT2D eigenvalue weighted by atomic mass is 35.5. The molecule has 8 heteroatoms. The highest BCUT2D eigenvalue weighted by Gasteiger charge is 2.17. The number of aryl methyl sites for hydroxylation is 1. The summed E-state index contributed by atoms with van der Waals surface area (Å²) in [4.78, 5) is 17.4. The molecule has 0 radical (unpaired) electrons. The van der Waals surface area contributed by atoms with E-state index >= 15 is 0 Å². The van der Waals surface area contributed by atoms with E-state index in [1.165, 1.54) is 11.8 Å². The molecule has 0 aliphatic carbocycles. The van der Waals surface area contributed by atoms with E-state index in [1.807, 2.05) is 65.9 Å². The Balaban J connectivity index is 1.69. The molecule has 0 fully saturated rings. The normalized spacial score (nSPS) is 11.4. The molecular formula is C22H16ClN5OS. The number of aromatic nitrogens is 5. The SMILES string of the molecule is Cc1ccc(-n2c(=O)c3ccccc3n3c(SCc4ccc(Cl)nc4)nnc23)cc1. The summed E-state index contributed by atoms with van der Waals surface area (Å²) in [5.41, 5.74) is 3.57. The Morgan fingerprint density at radius 2 is 1.80 bits per heavy atom. The van der Waals surface area contributed by atoms with Gasteiger partial charge in [0.2, 0.25) is 5.78 Å². The molecule has 6 nitrogen and oxygen atoms in total. The maximum absolute atomic E-state index is 13.3. The van der Waals surface area contributed by atoms with E-state index in [4.69, 9.17) is 11.6 Å². The van der Waals surface area contributed by atoms with Crippen LogP contribution in [0.1, 0.15) is 11.1 Å². The van der Waals surface area contributed by atoms with Gasteiger partial charge in [-0.05, 0) is 42.8 Å². The molecule has 3 heterocycles. The van der Waals surface area contributed by atoms with Crippen LogP contribution in [0.2, 0.25) is 5.15 Å². The van der Waals surface area contributed by atoms with Crippen LogP contribution in [0.25, 0.3) is 22.4 Å². The lowest BCUT2D eigenvalue weighted by molar-refractivity contribution is 0.930. The third-order valence-electron chi connectivity index (χ3n) is 4.84. The van der Waals surface area contributed by atoms with Gasteiger partial charge in [0.15, 0.2) is 5.16 Å². The third-order valence-corrected chi connectivity index (χ3v) is 6.07. The lowest BCUT2D eigenvalue weighted by Gasteiger charge is -2.11. The topological polar surface area (TPSA) is 65.1 Å². The lowest BCUT2D eigenvalue weighted by atomic mass is 10.2. The minimum Gasteiger partial charge on any atom is -0.268 e. The first kappa shape index (κ1) is 18.8. The molecule has 0 N–H and O–H groups in total. The number of hydrogen-bond acceptors (Lipinski definition) is 5. The number of benzene rings is 2. The van der Waals surface area contributed by atoms with Crippen molar-refractivity contribution in [2.75, 3.05) is 0 Å². The quantitative estimate of drug-likeness (QED) is 0.304. The summed E-state index contributed by atoms with van der Waals surface area (Å²) >= 11 is 7.41. The molecule has 5 aromatic rings. The fourth-order valence-electron chi connectivity index (χ4n) is 3.34. The average Bonchev–Trinajstić information content (AvgIpc) is 3.18. The number of fused-ring (bicyclic) bond motifs is 3. The van der Waals surface area contributed by atoms with Crippen LogP contribution >= 0.6 is 23.4 Å². The minimum atomic E-state index is -0.118. The Hall–Kier alpha value is -3.16. The Bertz CT molecular complexity index is 1420. The minimum absolute atomic E-state index is 0.118. The van der Waals surface area contributed by atoms with Crippen LogP contribution in [0.5, 0.6) is 0 Å². The number of pyridine rings is 1. The van der Waals surface area contributed by atoms with E-state index in [9.17, 15) is 4.79 Å². The Labute approximate surface area is 181 Å². The largest absolute Gasteiger partial charge is 0.268 e. The summed E-state index contributed by atoms with van der Waals surface area (Å²) in [7, 11) is 0. The van der Waals surface area contributed by atoms with Crippen molar-refractivity contribution in [2.24, 2.45) is 0 Å². The maximum atomic E-state index is 13.3. The van der Waals surface area contributed by atoms with Crippen LogP contribution in [-0.4, -0.2) is 24.1 Å². The molecular weight excluding hydrogens is 418 g/mol. The number of nitrogens with zero attached hydrogens (tertiary/aromatic N) is 5. The summed E-state index contributed by atoms with van der Waals surface area (Å²) in [6.45, 7) is 2.01. The molecule has 0 aliphatic heterocycles. The van der Waals surface area contributed by atoms with Crippen LogP contribution < -0.4 is 5.56 Å². The van der Waals surface area contributed by atoms with Crippen molar-refractivity contribution in [3.8, 4) is 5.69 Å². The molecule has 148 valence electrons. The van der Waals surface area contributed by atoms with Crippen LogP contribution in [0.15, 0.2) is 76.8 Å². The summed E-state index contributed by atoms with van der Waals surface area (Å²) < 4.78 is 3.55. The number of rotatable bonds is 4. The van der Waals surface area contributed by atoms with Gasteiger partial charge in [-0.15, -0.1) is 10.2 Å². The second-order valence-electron chi connectivity index (χ2n) is 6.89. The van der Waals surface area contributed by atoms with Gasteiger partial charge < -0.3 is 0 Å². The standard InChI is InChI=1S/C22H16ClN5OS/c1-14-6-9-16(10-7-14)27-20(29)17-4-2-3-5-18(17)28-21(27)25-26-22(28)30-13-15-8-11-19(23)24-12-15/h2-12H,13H2,1H3. The van der Waals surface area contributed by atoms with Crippen molar-refractivity contribution >= 4 is 40.0 Å². The zero-order valence-corrected chi connectivity index (χ0v) is 17.6. The molecule has 0 amide bonds. The Morgan fingerprint density at radius 3 is 2.57 bits per heavy atom. The fourth-order valence-corrected chi connectivity index (χ4v) is 4.32. The Morgan fingerprint density at radius 1 is 1.00 bits per heavy atom. The molecule has 3 aromatic heterocycles. The van der Waals surface area contributed by atoms with Gasteiger partial charge in [-0.2, -0.15) is 0 Å². The zero-order valence-electron chi connectivity index (χ0n) is 16.0. The summed E-state index contributed by atoms with van der Waals surface area (Å²) in [6.07, 6.45) is 1.75. The van der Waals surface area contributed by atoms with Crippen molar-refractivity contribution in [1.82, 2.24) is 24.1 Å². The van der Waals surface area contributed by atoms with Crippen LogP contribution in [0.4, 0.5) is 0 Å². The first-order chi connectivity index (χ1) is 14.6. The van der Waals surface area contributed by atoms with E-state index in [-0.39, 0.29) is 5.56 Å². The molecule has 0 spiro atoms. The van der Waals surface area contributed by atoms with Crippen molar-refractivity contribution in [2.45, 2.75) is 17.8 Å². The van der Waals surface area contributed by atoms with Gasteiger partial charge in [-0.3, -0.25) is 9.20 Å². The van der Waals surface area contributed by atoms with E-state index < -0.39 is 0 Å². The van der Waals surface area contributed by atoms with E-state index in [1.54, 1.807) is 16.8 Å². The van der Waals surface area contributed by atoms with E-state index in [0.29, 0.717) is 27.2 Å². The fraction of sp³-hybridized carbons (Fsp3) is 0.0909. The van der Waals surface area contributed by atoms with Crippen LogP contribution in [0, 0.1) is 6.92 Å². The maximum Gasteiger partial charge on any atom is 0.267 e. The van der Waals surface area contributed by atoms with Crippen molar-refractivity contribution in [3.05, 3.63) is 93.5 Å². The predicted molar refractivity (Wildman–Crippen MR) is 120 cm³/mol. The number of para-hydroxylation sites is 1. The zero-order chi connectivity index (χ0) is 20.7. The highest BCUT2D eigenvalue weighted by Crippen LogP contribution is 2.26. The molecule has 0 saturated heterocycles. The van der Waals surface area contributed by atoms with E-state index in [2.05, 4.69) is 15.2 Å². The molecule has 30 heavy (non-hydrogen) atoms. The van der Waals surface area contributed by atoms with Crippen LogP contribution in [0.3, 0.4) is 0 Å². The van der Waals surface area contributed by atoms with Gasteiger partial charge in [0.25, 0.3) is 5.56 Å². The van der Waals surface area contributed by atoms with Gasteiger partial charge in [0.1, 0.15) is 5.15 Å². The van der Waals surface area contributed by atoms with Crippen molar-refractivity contribution in [3.63, 3.8) is 0 Å². The monoisotopic (exact) mass is 433 g/mol. The Kier molecular flexibility index (Phi) is 4.77. The lowest BCUT2D eigenvalue weighted by Crippen LogP contribution is -2.21. The van der Waals surface area contributed by atoms with Crippen molar-refractivity contribution < 1.29 is 0 Å². The second-order valence-corrected chi connectivity index (χ2v) is 8.22. The molecule has 0 aliphatic rings. The summed E-state index contributed by atoms with van der Waals surface area (Å²) in [5, 5.41) is 10.5. The van der Waals surface area contributed by atoms with Gasteiger partial charge in [-0.1, -0.05) is 59.3 Å². The van der Waals surface area contributed by atoms with Gasteiger partial charge >= 0.3 is 0 Å². The average molecular weight is 434 g/mol. The molecule has 0 bridgehead atoms. The first-order valence-electron chi connectivity index (χ1n) is 9.31. The van der Waals surface area contributed by atoms with Crippen molar-refractivity contribution in [1.29, 1.82) is 0 Å². The number of halogens is 1. The second kappa shape index (κ2) is 7.59. The third kappa shape index (κ3) is 3.26. The van der Waals surface area contributed by atoms with Crippen LogP contribution in [-0.2, 0) is 5.75 Å². The predicted octanol–water partition coefficient (Wildman–Crippen LogP) is 4.68. The molecule has 5 rings (SSSR count). The molecule has 0 atom stereocenters. The first-order valence-corrected chi connectivity index (χ1v) is 10.7. The van der Waals surface area contributed by atoms with Gasteiger partial charge in [0, 0.05) is 11.9 Å². The molecule has 2 aromatic carbocycles. The highest BCUT2D eigenvalue weighted by molar-refractivity contribution is 7.98. The summed E-state index contributed by atoms with van der Waals surface area (Å²) in [6, 6.07) is 19.0. The van der Waals surface area contributed by atoms with Gasteiger partial charge in [-0.25, -0.2) is 9.55 Å². The van der Waals surface area contributed by atoms with Gasteiger partial charge in [0.05, 0.1) is 16.6 Å². The number of thioether (sulfide) groups is 1. The molecule has 0 saturated carbocycles. The molecule has 0 unspecified atom stereocenters.